The van der Waals surface area contributed by atoms with Crippen molar-refractivity contribution in [2.24, 2.45) is 0 Å². The molecule has 0 radical (unpaired) electrons. The number of aromatic nitrogens is 1. The lowest BCUT2D eigenvalue weighted by Crippen LogP contribution is -2.14. The smallest absolute Gasteiger partial charge is 0.255 e. The number of rotatable bonds is 3. The minimum Gasteiger partial charge on any atom is -0.373 e. The highest BCUT2D eigenvalue weighted by atomic mass is 35.5. The molecule has 8 heteroatoms. The molecule has 0 unspecified atom stereocenters. The van der Waals surface area contributed by atoms with Crippen molar-refractivity contribution in [3.05, 3.63) is 52.4 Å². The minimum atomic E-state index is -1.66. The van der Waals surface area contributed by atoms with Crippen LogP contribution in [0.5, 0.6) is 0 Å². The summed E-state index contributed by atoms with van der Waals surface area (Å²) < 4.78 is 39.4. The van der Waals surface area contributed by atoms with Crippen LogP contribution in [0.15, 0.2) is 24.3 Å². The molecule has 21 heavy (non-hydrogen) atoms. The number of nitrogens with one attached hydrogen (secondary N) is 2. The van der Waals surface area contributed by atoms with E-state index >= 15 is 0 Å². The van der Waals surface area contributed by atoms with Crippen molar-refractivity contribution >= 4 is 29.0 Å². The number of hydrogen-bond acceptors (Lipinski definition) is 3. The quantitative estimate of drug-likeness (QED) is 0.674. The van der Waals surface area contributed by atoms with Gasteiger partial charge in [-0.3, -0.25) is 4.79 Å². The van der Waals surface area contributed by atoms with Gasteiger partial charge in [-0.25, -0.2) is 18.2 Å². The van der Waals surface area contributed by atoms with Gasteiger partial charge in [0.15, 0.2) is 17.5 Å². The molecular formula is C13H9ClF3N3O. The first-order valence-electron chi connectivity index (χ1n) is 5.72. The van der Waals surface area contributed by atoms with Crippen molar-refractivity contribution in [1.29, 1.82) is 0 Å². The van der Waals surface area contributed by atoms with E-state index in [-0.39, 0.29) is 10.7 Å². The molecule has 0 aliphatic heterocycles. The van der Waals surface area contributed by atoms with Crippen LogP contribution in [0.3, 0.4) is 0 Å². The van der Waals surface area contributed by atoms with Gasteiger partial charge in [0.05, 0.1) is 5.69 Å². The van der Waals surface area contributed by atoms with Crippen LogP contribution in [0.4, 0.5) is 24.7 Å². The second-order valence-corrected chi connectivity index (χ2v) is 4.38. The molecule has 0 saturated heterocycles. The second-order valence-electron chi connectivity index (χ2n) is 3.99. The number of nitrogens with zero attached hydrogens (tertiary/aromatic N) is 1. The zero-order valence-corrected chi connectivity index (χ0v) is 11.4. The Hall–Kier alpha value is -2.28. The van der Waals surface area contributed by atoms with E-state index in [0.717, 1.165) is 6.07 Å². The van der Waals surface area contributed by atoms with Gasteiger partial charge < -0.3 is 10.6 Å². The maximum Gasteiger partial charge on any atom is 0.255 e. The van der Waals surface area contributed by atoms with E-state index in [1.165, 1.54) is 12.1 Å². The Bertz CT molecular complexity index is 709. The van der Waals surface area contributed by atoms with Crippen molar-refractivity contribution < 1.29 is 18.0 Å². The van der Waals surface area contributed by atoms with Crippen molar-refractivity contribution in [2.75, 3.05) is 17.7 Å². The fraction of sp³-hybridized carbons (Fsp3) is 0.0769. The van der Waals surface area contributed by atoms with Crippen molar-refractivity contribution in [3.63, 3.8) is 0 Å². The van der Waals surface area contributed by atoms with Crippen LogP contribution in [0.1, 0.15) is 10.4 Å². The Morgan fingerprint density at radius 1 is 1.19 bits per heavy atom. The summed E-state index contributed by atoms with van der Waals surface area (Å²) >= 11 is 5.74. The number of amides is 1. The van der Waals surface area contributed by atoms with Gasteiger partial charge in [-0.05, 0) is 24.3 Å². The third kappa shape index (κ3) is 3.25. The fourth-order valence-electron chi connectivity index (χ4n) is 1.57. The van der Waals surface area contributed by atoms with Gasteiger partial charge in [0.1, 0.15) is 11.0 Å². The molecule has 4 nitrogen and oxygen atoms in total. The van der Waals surface area contributed by atoms with Gasteiger partial charge >= 0.3 is 0 Å². The lowest BCUT2D eigenvalue weighted by Gasteiger charge is -2.08. The Labute approximate surface area is 122 Å². The highest BCUT2D eigenvalue weighted by Gasteiger charge is 2.16. The number of hydrogen-bond donors (Lipinski definition) is 2. The summed E-state index contributed by atoms with van der Waals surface area (Å²) in [7, 11) is 1.58. The van der Waals surface area contributed by atoms with Crippen LogP contribution in [-0.2, 0) is 0 Å². The van der Waals surface area contributed by atoms with E-state index in [4.69, 9.17) is 11.6 Å². The maximum atomic E-state index is 13.5. The highest BCUT2D eigenvalue weighted by molar-refractivity contribution is 6.30. The third-order valence-electron chi connectivity index (χ3n) is 2.60. The van der Waals surface area contributed by atoms with E-state index in [9.17, 15) is 18.0 Å². The van der Waals surface area contributed by atoms with E-state index in [0.29, 0.717) is 11.9 Å². The van der Waals surface area contributed by atoms with Crippen LogP contribution in [-0.4, -0.2) is 17.9 Å². The van der Waals surface area contributed by atoms with Crippen molar-refractivity contribution in [3.8, 4) is 0 Å². The molecule has 0 fully saturated rings. The van der Waals surface area contributed by atoms with Crippen LogP contribution in [0.25, 0.3) is 0 Å². The molecule has 0 spiro atoms. The second kappa shape index (κ2) is 6.01. The summed E-state index contributed by atoms with van der Waals surface area (Å²) in [6.07, 6.45) is 0. The van der Waals surface area contributed by atoms with Crippen molar-refractivity contribution in [2.45, 2.75) is 0 Å². The number of halogens is 4. The SMILES string of the molecule is CNc1cc(C(=O)Nc2ccc(F)c(F)c2F)cc(Cl)n1. The zero-order chi connectivity index (χ0) is 15.6. The van der Waals surface area contributed by atoms with Crippen LogP contribution < -0.4 is 10.6 Å². The largest absolute Gasteiger partial charge is 0.373 e. The molecule has 2 N–H and O–H groups in total. The first kappa shape index (κ1) is 15.1. The number of carbonyl (C=O) groups is 1. The Morgan fingerprint density at radius 3 is 2.57 bits per heavy atom. The summed E-state index contributed by atoms with van der Waals surface area (Å²) in [5.41, 5.74) is -0.388. The molecule has 0 bridgehead atoms. The Morgan fingerprint density at radius 2 is 1.90 bits per heavy atom. The van der Waals surface area contributed by atoms with E-state index < -0.39 is 29.0 Å². The molecule has 0 atom stereocenters. The minimum absolute atomic E-state index is 0.0535. The highest BCUT2D eigenvalue weighted by Crippen LogP contribution is 2.21. The van der Waals surface area contributed by atoms with Crippen molar-refractivity contribution in [1.82, 2.24) is 4.98 Å². The van der Waals surface area contributed by atoms with Gasteiger partial charge in [0.25, 0.3) is 5.91 Å². The Balaban J connectivity index is 2.30. The summed E-state index contributed by atoms with van der Waals surface area (Å²) in [5.74, 6) is -4.87. The van der Waals surface area contributed by atoms with Gasteiger partial charge in [-0.2, -0.15) is 0 Å². The first-order valence-corrected chi connectivity index (χ1v) is 6.10. The number of pyridine rings is 1. The van der Waals surface area contributed by atoms with E-state index in [1.807, 2.05) is 0 Å². The Kier molecular flexibility index (Phi) is 4.32. The van der Waals surface area contributed by atoms with Crippen LogP contribution in [0, 0.1) is 17.5 Å². The molecule has 0 aliphatic carbocycles. The standard InChI is InChI=1S/C13H9ClF3N3O/c1-18-10-5-6(4-9(14)20-10)13(21)19-8-3-2-7(15)11(16)12(8)17/h2-5H,1H3,(H,18,20)(H,19,21). The average molecular weight is 316 g/mol. The van der Waals surface area contributed by atoms with Crippen LogP contribution in [0.2, 0.25) is 5.15 Å². The summed E-state index contributed by atoms with van der Waals surface area (Å²) in [4.78, 5) is 15.9. The molecule has 1 aromatic heterocycles. The maximum absolute atomic E-state index is 13.5. The predicted molar refractivity (Wildman–Crippen MR) is 73.1 cm³/mol. The third-order valence-corrected chi connectivity index (χ3v) is 2.79. The first-order chi connectivity index (χ1) is 9.92. The molecule has 1 aromatic carbocycles. The lowest BCUT2D eigenvalue weighted by atomic mass is 10.2. The summed E-state index contributed by atoms with van der Waals surface area (Å²) in [6, 6.07) is 4.27. The van der Waals surface area contributed by atoms with Gasteiger partial charge in [-0.1, -0.05) is 11.6 Å². The zero-order valence-electron chi connectivity index (χ0n) is 10.7. The van der Waals surface area contributed by atoms with Gasteiger partial charge in [0.2, 0.25) is 0 Å². The molecule has 2 rings (SSSR count). The van der Waals surface area contributed by atoms with E-state index in [2.05, 4.69) is 15.6 Å². The molecular weight excluding hydrogens is 307 g/mol. The lowest BCUT2D eigenvalue weighted by molar-refractivity contribution is 0.102. The molecule has 2 aromatic rings. The van der Waals surface area contributed by atoms with Crippen LogP contribution >= 0.6 is 11.6 Å². The number of benzene rings is 1. The summed E-state index contributed by atoms with van der Waals surface area (Å²) in [5, 5.41) is 4.89. The van der Waals surface area contributed by atoms with Gasteiger partial charge in [0, 0.05) is 12.6 Å². The topological polar surface area (TPSA) is 54.0 Å². The monoisotopic (exact) mass is 315 g/mol. The fourth-order valence-corrected chi connectivity index (χ4v) is 1.78. The average Bonchev–Trinajstić information content (AvgIpc) is 2.47. The number of carbonyl (C=O) groups excluding carboxylic acids is 1. The number of anilines is 2. The molecule has 1 heterocycles. The predicted octanol–water partition coefficient (Wildman–Crippen LogP) is 3.45. The molecule has 110 valence electrons. The normalized spacial score (nSPS) is 10.3. The molecule has 0 aliphatic rings. The molecule has 1 amide bonds. The molecule has 0 saturated carbocycles. The summed E-state index contributed by atoms with van der Waals surface area (Å²) in [6.45, 7) is 0. The van der Waals surface area contributed by atoms with Gasteiger partial charge in [-0.15, -0.1) is 0 Å². The van der Waals surface area contributed by atoms with E-state index in [1.54, 1.807) is 7.05 Å².